The first-order valence-electron chi connectivity index (χ1n) is 9.51. The van der Waals surface area contributed by atoms with Crippen LogP contribution in [0.5, 0.6) is 5.88 Å². The molecule has 1 aromatic rings. The number of piperidine rings is 1. The number of hydrogen-bond acceptors (Lipinski definition) is 5. The zero-order valence-electron chi connectivity index (χ0n) is 15.9. The van der Waals surface area contributed by atoms with Gasteiger partial charge in [-0.1, -0.05) is 0 Å². The predicted octanol–water partition coefficient (Wildman–Crippen LogP) is 3.26. The third-order valence-corrected chi connectivity index (χ3v) is 6.69. The summed E-state index contributed by atoms with van der Waals surface area (Å²) in [5.41, 5.74) is 0. The van der Waals surface area contributed by atoms with Crippen molar-refractivity contribution in [3.05, 3.63) is 18.3 Å². The summed E-state index contributed by atoms with van der Waals surface area (Å²) in [7, 11) is -3.24. The number of likely N-dealkylation sites (tertiary alicyclic amines) is 1. The number of hydrogen-bond donors (Lipinski definition) is 0. The molecule has 1 aliphatic heterocycles. The molecule has 1 aliphatic carbocycles. The second kappa shape index (κ2) is 7.99. The van der Waals surface area contributed by atoms with Crippen molar-refractivity contribution in [2.75, 3.05) is 32.5 Å². The van der Waals surface area contributed by atoms with E-state index in [4.69, 9.17) is 4.74 Å². The van der Waals surface area contributed by atoms with Crippen molar-refractivity contribution < 1.29 is 21.9 Å². The first-order valence-corrected chi connectivity index (χ1v) is 11.4. The minimum Gasteiger partial charge on any atom is -0.478 e. The summed E-state index contributed by atoms with van der Waals surface area (Å²) in [5, 5.41) is 0. The van der Waals surface area contributed by atoms with Gasteiger partial charge in [0.1, 0.15) is 0 Å². The van der Waals surface area contributed by atoms with Crippen molar-refractivity contribution in [3.63, 3.8) is 0 Å². The van der Waals surface area contributed by atoms with Crippen molar-refractivity contribution in [2.24, 2.45) is 17.8 Å². The lowest BCUT2D eigenvalue weighted by Crippen LogP contribution is -2.41. The molecule has 152 valence electrons. The molecule has 0 radical (unpaired) electrons. The summed E-state index contributed by atoms with van der Waals surface area (Å²) in [4.78, 5) is 6.10. The highest BCUT2D eigenvalue weighted by molar-refractivity contribution is 7.90. The van der Waals surface area contributed by atoms with Crippen LogP contribution in [-0.2, 0) is 9.84 Å². The second-order valence-electron chi connectivity index (χ2n) is 8.08. The highest BCUT2D eigenvalue weighted by atomic mass is 32.2. The van der Waals surface area contributed by atoms with Crippen LogP contribution in [0.1, 0.15) is 32.6 Å². The molecule has 1 aromatic heterocycles. The van der Waals surface area contributed by atoms with Crippen LogP contribution in [0.25, 0.3) is 0 Å². The summed E-state index contributed by atoms with van der Waals surface area (Å²) < 4.78 is 54.7. The Morgan fingerprint density at radius 1 is 1.30 bits per heavy atom. The fourth-order valence-electron chi connectivity index (χ4n) is 4.10. The molecular weight excluding hydrogens is 374 g/mol. The normalized spacial score (nSPS) is 24.7. The lowest BCUT2D eigenvalue weighted by Gasteiger charge is -2.33. The summed E-state index contributed by atoms with van der Waals surface area (Å²) in [6.07, 6.45) is 6.62. The predicted molar refractivity (Wildman–Crippen MR) is 98.8 cm³/mol. The van der Waals surface area contributed by atoms with Crippen molar-refractivity contribution in [1.29, 1.82) is 0 Å². The van der Waals surface area contributed by atoms with Gasteiger partial charge in [0.25, 0.3) is 5.92 Å². The lowest BCUT2D eigenvalue weighted by atomic mass is 9.90. The highest BCUT2D eigenvalue weighted by Gasteiger charge is 2.43. The zero-order chi connectivity index (χ0) is 19.7. The van der Waals surface area contributed by atoms with Crippen molar-refractivity contribution in [2.45, 2.75) is 43.4 Å². The van der Waals surface area contributed by atoms with Gasteiger partial charge in [0.05, 0.1) is 18.0 Å². The molecule has 0 unspecified atom stereocenters. The van der Waals surface area contributed by atoms with Crippen LogP contribution >= 0.6 is 0 Å². The first-order chi connectivity index (χ1) is 12.6. The molecule has 1 saturated carbocycles. The Morgan fingerprint density at radius 2 is 2.00 bits per heavy atom. The summed E-state index contributed by atoms with van der Waals surface area (Å²) >= 11 is 0. The maximum absolute atomic E-state index is 13.1. The molecule has 2 heterocycles. The monoisotopic (exact) mass is 402 g/mol. The molecule has 0 N–H and O–H groups in total. The Balaban J connectivity index is 1.35. The third kappa shape index (κ3) is 6.10. The molecule has 2 atom stereocenters. The van der Waals surface area contributed by atoms with Gasteiger partial charge in [0, 0.05) is 25.4 Å². The molecule has 0 aromatic carbocycles. The van der Waals surface area contributed by atoms with E-state index in [2.05, 4.69) is 4.98 Å². The molecule has 0 bridgehead atoms. The molecule has 8 heteroatoms. The van der Waals surface area contributed by atoms with Crippen molar-refractivity contribution >= 4 is 9.84 Å². The van der Waals surface area contributed by atoms with Gasteiger partial charge in [0.15, 0.2) is 9.84 Å². The number of aromatic nitrogens is 1. The molecule has 0 amide bonds. The number of alkyl halides is 2. The Labute approximate surface area is 160 Å². The molecule has 3 rings (SSSR count). The highest BCUT2D eigenvalue weighted by Crippen LogP contribution is 2.49. The second-order valence-corrected chi connectivity index (χ2v) is 10.1. The Kier molecular flexibility index (Phi) is 6.05. The Bertz CT molecular complexity index is 726. The average molecular weight is 403 g/mol. The van der Waals surface area contributed by atoms with Crippen molar-refractivity contribution in [1.82, 2.24) is 9.88 Å². The molecular formula is C19H28F2N2O3S. The van der Waals surface area contributed by atoms with Gasteiger partial charge in [-0.05, 0) is 62.6 Å². The maximum atomic E-state index is 13.1. The number of halogens is 2. The number of ether oxygens (including phenoxy) is 1. The van der Waals surface area contributed by atoms with E-state index in [1.807, 2.05) is 4.90 Å². The summed E-state index contributed by atoms with van der Waals surface area (Å²) in [6, 6.07) is 3.09. The van der Waals surface area contributed by atoms with E-state index in [1.165, 1.54) is 18.7 Å². The lowest BCUT2D eigenvalue weighted by molar-refractivity contribution is -0.0232. The van der Waals surface area contributed by atoms with E-state index >= 15 is 0 Å². The van der Waals surface area contributed by atoms with Crippen LogP contribution in [0, 0.1) is 17.8 Å². The van der Waals surface area contributed by atoms with Crippen LogP contribution in [-0.4, -0.2) is 56.7 Å². The van der Waals surface area contributed by atoms with Crippen molar-refractivity contribution in [3.8, 4) is 5.88 Å². The van der Waals surface area contributed by atoms with Gasteiger partial charge in [-0.25, -0.2) is 22.2 Å². The minimum atomic E-state index is -3.24. The van der Waals surface area contributed by atoms with Crippen LogP contribution < -0.4 is 4.74 Å². The van der Waals surface area contributed by atoms with E-state index in [9.17, 15) is 17.2 Å². The van der Waals surface area contributed by atoms with E-state index in [0.29, 0.717) is 30.2 Å². The van der Waals surface area contributed by atoms with Crippen LogP contribution in [0.3, 0.4) is 0 Å². The molecule has 27 heavy (non-hydrogen) atoms. The molecule has 5 nitrogen and oxygen atoms in total. The average Bonchev–Trinajstić information content (AvgIpc) is 3.33. The maximum Gasteiger partial charge on any atom is 0.257 e. The molecule has 2 aliphatic rings. The zero-order valence-corrected chi connectivity index (χ0v) is 16.7. The number of pyridine rings is 1. The van der Waals surface area contributed by atoms with Gasteiger partial charge >= 0.3 is 0 Å². The number of rotatable bonds is 8. The molecule has 1 saturated heterocycles. The van der Waals surface area contributed by atoms with Gasteiger partial charge in [-0.3, -0.25) is 4.90 Å². The number of sulfone groups is 1. The van der Waals surface area contributed by atoms with E-state index < -0.39 is 15.8 Å². The Morgan fingerprint density at radius 3 is 2.56 bits per heavy atom. The standard InChI is InChI=1S/C19H28F2N2O3S/c1-19(20,21)13-23-8-5-14(6-9-23)17-11-15(17)7-10-26-18-4-3-16(12-22-18)27(2,24)25/h3-4,12,14-15,17H,5-11,13H2,1-2H3/t15-,17-/m1/s1. The van der Waals surface area contributed by atoms with E-state index in [1.54, 1.807) is 6.07 Å². The Hall–Kier alpha value is -1.28. The largest absolute Gasteiger partial charge is 0.478 e. The fourth-order valence-corrected chi connectivity index (χ4v) is 4.66. The fraction of sp³-hybridized carbons (Fsp3) is 0.737. The molecule has 2 fully saturated rings. The summed E-state index contributed by atoms with van der Waals surface area (Å²) in [5.74, 6) is -0.194. The number of nitrogens with zero attached hydrogens (tertiary/aromatic N) is 2. The third-order valence-electron chi connectivity index (χ3n) is 5.59. The van der Waals surface area contributed by atoms with Gasteiger partial charge in [-0.2, -0.15) is 0 Å². The SMILES string of the molecule is CC(F)(F)CN1CCC([C@H]2C[C@H]2CCOc2ccc(S(C)(=O)=O)cn2)CC1. The first kappa shape index (κ1) is 20.5. The van der Waals surface area contributed by atoms with Gasteiger partial charge < -0.3 is 4.74 Å². The topological polar surface area (TPSA) is 59.5 Å². The minimum absolute atomic E-state index is 0.132. The van der Waals surface area contributed by atoms with E-state index in [0.717, 1.165) is 45.5 Å². The molecule has 0 spiro atoms. The van der Waals surface area contributed by atoms with Gasteiger partial charge in [0.2, 0.25) is 5.88 Å². The van der Waals surface area contributed by atoms with E-state index in [-0.39, 0.29) is 11.4 Å². The smallest absolute Gasteiger partial charge is 0.257 e. The summed E-state index contributed by atoms with van der Waals surface area (Å²) in [6.45, 7) is 2.95. The van der Waals surface area contributed by atoms with Crippen LogP contribution in [0.15, 0.2) is 23.2 Å². The van der Waals surface area contributed by atoms with Crippen LogP contribution in [0.4, 0.5) is 8.78 Å². The quantitative estimate of drug-likeness (QED) is 0.668. The van der Waals surface area contributed by atoms with Gasteiger partial charge in [-0.15, -0.1) is 0 Å². The van der Waals surface area contributed by atoms with Crippen LogP contribution in [0.2, 0.25) is 0 Å².